The molecule has 0 saturated carbocycles. The first-order valence-corrected chi connectivity index (χ1v) is 7.93. The number of methoxy groups -OCH3 is 1. The normalized spacial score (nSPS) is 10.4. The Bertz CT molecular complexity index is 722. The number of hydrogen-bond acceptors (Lipinski definition) is 4. The van der Waals surface area contributed by atoms with Gasteiger partial charge in [0.2, 0.25) is 0 Å². The lowest BCUT2D eigenvalue weighted by molar-refractivity contribution is 0.0599. The van der Waals surface area contributed by atoms with E-state index in [4.69, 9.17) is 4.74 Å². The van der Waals surface area contributed by atoms with Gasteiger partial charge >= 0.3 is 5.97 Å². The maximum atomic E-state index is 12.4. The first kappa shape index (κ1) is 16.2. The van der Waals surface area contributed by atoms with Crippen molar-refractivity contribution in [3.63, 3.8) is 0 Å². The number of nitrogens with one attached hydrogen (secondary N) is 2. The van der Waals surface area contributed by atoms with Crippen molar-refractivity contribution in [2.75, 3.05) is 18.7 Å². The summed E-state index contributed by atoms with van der Waals surface area (Å²) < 4.78 is 4.75. The van der Waals surface area contributed by atoms with Crippen molar-refractivity contribution < 1.29 is 14.3 Å². The molecule has 0 aliphatic rings. The third kappa shape index (κ3) is 3.17. The SMILES string of the molecule is COC(=O)c1c(C)[nH]c(C(=O)Nc2cccc(SC)c2)c1C. The number of carbonyl (C=O) groups excluding carboxylic acids is 2. The number of aryl methyl sites for hydroxylation is 1. The number of carbonyl (C=O) groups is 2. The summed E-state index contributed by atoms with van der Waals surface area (Å²) in [6.45, 7) is 3.47. The van der Waals surface area contributed by atoms with Gasteiger partial charge in [0.05, 0.1) is 12.7 Å². The molecule has 0 atom stereocenters. The summed E-state index contributed by atoms with van der Waals surface area (Å²) in [4.78, 5) is 28.2. The zero-order chi connectivity index (χ0) is 16.3. The van der Waals surface area contributed by atoms with Gasteiger partial charge < -0.3 is 15.0 Å². The summed E-state index contributed by atoms with van der Waals surface area (Å²) in [5.74, 6) is -0.733. The summed E-state index contributed by atoms with van der Waals surface area (Å²) in [6, 6.07) is 7.58. The van der Waals surface area contributed by atoms with Crippen molar-refractivity contribution >= 4 is 29.3 Å². The van der Waals surface area contributed by atoms with Crippen LogP contribution >= 0.6 is 11.8 Å². The van der Waals surface area contributed by atoms with Gasteiger partial charge in [-0.3, -0.25) is 4.79 Å². The zero-order valence-corrected chi connectivity index (χ0v) is 13.8. The van der Waals surface area contributed by atoms with Gasteiger partial charge in [-0.2, -0.15) is 0 Å². The molecule has 0 aliphatic carbocycles. The second-order valence-corrected chi connectivity index (χ2v) is 5.68. The first-order valence-electron chi connectivity index (χ1n) is 6.70. The Morgan fingerprint density at radius 1 is 1.27 bits per heavy atom. The number of amides is 1. The Labute approximate surface area is 133 Å². The number of esters is 1. The number of anilines is 1. The number of thioether (sulfide) groups is 1. The highest BCUT2D eigenvalue weighted by Gasteiger charge is 2.22. The van der Waals surface area contributed by atoms with E-state index in [-0.39, 0.29) is 5.91 Å². The molecule has 2 aromatic rings. The molecular formula is C16H18N2O3S. The Hall–Kier alpha value is -2.21. The van der Waals surface area contributed by atoms with Crippen LogP contribution in [0.25, 0.3) is 0 Å². The lowest BCUT2D eigenvalue weighted by Crippen LogP contribution is -2.14. The molecule has 0 unspecified atom stereocenters. The van der Waals surface area contributed by atoms with Gasteiger partial charge in [0.15, 0.2) is 0 Å². The molecule has 0 spiro atoms. The molecule has 22 heavy (non-hydrogen) atoms. The van der Waals surface area contributed by atoms with Gasteiger partial charge in [-0.15, -0.1) is 11.8 Å². The lowest BCUT2D eigenvalue weighted by Gasteiger charge is -2.06. The van der Waals surface area contributed by atoms with Crippen LogP contribution < -0.4 is 5.32 Å². The van der Waals surface area contributed by atoms with E-state index in [1.54, 1.807) is 25.6 Å². The average Bonchev–Trinajstić information content (AvgIpc) is 2.81. The molecule has 116 valence electrons. The van der Waals surface area contributed by atoms with Gasteiger partial charge in [-0.25, -0.2) is 4.79 Å². The van der Waals surface area contributed by atoms with E-state index in [2.05, 4.69) is 10.3 Å². The highest BCUT2D eigenvalue weighted by Crippen LogP contribution is 2.22. The van der Waals surface area contributed by atoms with Crippen LogP contribution in [0.4, 0.5) is 5.69 Å². The number of aromatic nitrogens is 1. The summed E-state index contributed by atoms with van der Waals surface area (Å²) in [5.41, 5.74) is 2.69. The van der Waals surface area contributed by atoms with Crippen LogP contribution in [-0.2, 0) is 4.74 Å². The van der Waals surface area contributed by atoms with Crippen LogP contribution in [0.3, 0.4) is 0 Å². The Kier molecular flexibility index (Phi) is 4.92. The van der Waals surface area contributed by atoms with E-state index in [1.165, 1.54) is 7.11 Å². The Balaban J connectivity index is 2.28. The smallest absolute Gasteiger partial charge is 0.339 e. The van der Waals surface area contributed by atoms with Gasteiger partial charge in [-0.05, 0) is 43.9 Å². The minimum absolute atomic E-state index is 0.283. The van der Waals surface area contributed by atoms with E-state index < -0.39 is 5.97 Å². The number of benzene rings is 1. The van der Waals surface area contributed by atoms with Crippen LogP contribution in [0, 0.1) is 13.8 Å². The Morgan fingerprint density at radius 3 is 2.64 bits per heavy atom. The lowest BCUT2D eigenvalue weighted by atomic mass is 10.1. The van der Waals surface area contributed by atoms with Crippen LogP contribution in [0.1, 0.15) is 32.1 Å². The number of aromatic amines is 1. The number of hydrogen-bond donors (Lipinski definition) is 2. The van der Waals surface area contributed by atoms with Gasteiger partial charge in [-0.1, -0.05) is 6.07 Å². The third-order valence-corrected chi connectivity index (χ3v) is 4.11. The molecule has 5 nitrogen and oxygen atoms in total. The zero-order valence-electron chi connectivity index (χ0n) is 12.9. The number of ether oxygens (including phenoxy) is 1. The maximum Gasteiger partial charge on any atom is 0.339 e. The summed E-state index contributed by atoms with van der Waals surface area (Å²) in [5, 5.41) is 2.84. The monoisotopic (exact) mass is 318 g/mol. The maximum absolute atomic E-state index is 12.4. The predicted octanol–water partition coefficient (Wildman–Crippen LogP) is 3.39. The highest BCUT2D eigenvalue weighted by atomic mass is 32.2. The third-order valence-electron chi connectivity index (χ3n) is 3.38. The van der Waals surface area contributed by atoms with E-state index >= 15 is 0 Å². The molecule has 1 aromatic carbocycles. The van der Waals surface area contributed by atoms with Crippen LogP contribution in [0.2, 0.25) is 0 Å². The van der Waals surface area contributed by atoms with E-state index in [0.29, 0.717) is 28.2 Å². The minimum atomic E-state index is -0.449. The average molecular weight is 318 g/mol. The minimum Gasteiger partial charge on any atom is -0.465 e. The molecule has 6 heteroatoms. The van der Waals surface area contributed by atoms with Crippen LogP contribution in [0.5, 0.6) is 0 Å². The second kappa shape index (κ2) is 6.70. The molecule has 1 aromatic heterocycles. The topological polar surface area (TPSA) is 71.2 Å². The van der Waals surface area contributed by atoms with Crippen molar-refractivity contribution in [3.8, 4) is 0 Å². The molecule has 0 saturated heterocycles. The van der Waals surface area contributed by atoms with Crippen molar-refractivity contribution in [2.45, 2.75) is 18.7 Å². The van der Waals surface area contributed by atoms with Crippen LogP contribution in [0.15, 0.2) is 29.2 Å². The molecule has 0 bridgehead atoms. The molecule has 2 rings (SSSR count). The summed E-state index contributed by atoms with van der Waals surface area (Å²) in [6.07, 6.45) is 1.97. The second-order valence-electron chi connectivity index (χ2n) is 4.80. The molecule has 1 heterocycles. The van der Waals surface area contributed by atoms with Gasteiger partial charge in [0, 0.05) is 16.3 Å². The van der Waals surface area contributed by atoms with Crippen molar-refractivity contribution in [2.24, 2.45) is 0 Å². The van der Waals surface area contributed by atoms with Crippen molar-refractivity contribution in [1.29, 1.82) is 0 Å². The highest BCUT2D eigenvalue weighted by molar-refractivity contribution is 7.98. The predicted molar refractivity (Wildman–Crippen MR) is 87.8 cm³/mol. The van der Waals surface area contributed by atoms with Crippen molar-refractivity contribution in [3.05, 3.63) is 46.8 Å². The molecule has 0 aliphatic heterocycles. The summed E-state index contributed by atoms with van der Waals surface area (Å²) in [7, 11) is 1.32. The molecule has 2 N–H and O–H groups in total. The quantitative estimate of drug-likeness (QED) is 0.669. The fourth-order valence-electron chi connectivity index (χ4n) is 2.28. The standard InChI is InChI=1S/C16H18N2O3S/c1-9-13(16(20)21-3)10(2)17-14(9)15(19)18-11-6-5-7-12(8-11)22-4/h5-8,17H,1-4H3,(H,18,19). The van der Waals surface area contributed by atoms with Crippen LogP contribution in [-0.4, -0.2) is 30.2 Å². The fraction of sp³-hybridized carbons (Fsp3) is 0.250. The molecule has 0 radical (unpaired) electrons. The van der Waals surface area contributed by atoms with E-state index in [9.17, 15) is 9.59 Å². The fourth-order valence-corrected chi connectivity index (χ4v) is 2.74. The van der Waals surface area contributed by atoms with E-state index in [1.807, 2.05) is 30.5 Å². The molecule has 0 fully saturated rings. The largest absolute Gasteiger partial charge is 0.465 e. The number of rotatable bonds is 4. The molecule has 1 amide bonds. The van der Waals surface area contributed by atoms with E-state index in [0.717, 1.165) is 4.90 Å². The number of H-pyrrole nitrogens is 1. The first-order chi connectivity index (χ1) is 10.5. The van der Waals surface area contributed by atoms with Gasteiger partial charge in [0.25, 0.3) is 5.91 Å². The molecular weight excluding hydrogens is 300 g/mol. The summed E-state index contributed by atoms with van der Waals surface area (Å²) >= 11 is 1.60. The van der Waals surface area contributed by atoms with Gasteiger partial charge in [0.1, 0.15) is 5.69 Å². The Morgan fingerprint density at radius 2 is 2.00 bits per heavy atom. The van der Waals surface area contributed by atoms with Crippen molar-refractivity contribution in [1.82, 2.24) is 4.98 Å².